The van der Waals surface area contributed by atoms with Crippen LogP contribution in [0.25, 0.3) is 0 Å². The van der Waals surface area contributed by atoms with E-state index in [0.717, 1.165) is 41.8 Å². The van der Waals surface area contributed by atoms with Crippen LogP contribution in [-0.4, -0.2) is 25.1 Å². The van der Waals surface area contributed by atoms with E-state index in [1.165, 1.54) is 18.2 Å². The third-order valence-electron chi connectivity index (χ3n) is 6.29. The molecule has 0 radical (unpaired) electrons. The molecule has 1 aliphatic carbocycles. The van der Waals surface area contributed by atoms with Gasteiger partial charge in [-0.05, 0) is 60.7 Å². The van der Waals surface area contributed by atoms with E-state index in [4.69, 9.17) is 0 Å². The van der Waals surface area contributed by atoms with Gasteiger partial charge in [0.2, 0.25) is 5.91 Å². The Labute approximate surface area is 201 Å². The maximum atomic E-state index is 13.4. The number of carbonyl (C=O) groups excluding carboxylic acids is 2. The lowest BCUT2D eigenvalue weighted by molar-refractivity contribution is -0.127. The molecular weight excluding hydrogens is 481 g/mol. The normalized spacial score (nSPS) is 20.5. The average Bonchev–Trinajstić information content (AvgIpc) is 3.05. The highest BCUT2D eigenvalue weighted by atomic mass is 32.2. The van der Waals surface area contributed by atoms with E-state index in [1.807, 2.05) is 11.6 Å². The number of likely N-dealkylation sites (tertiary alicyclic amines) is 1. The maximum absolute atomic E-state index is 13.4. The summed E-state index contributed by atoms with van der Waals surface area (Å²) in [7, 11) is -4.41. The van der Waals surface area contributed by atoms with Crippen LogP contribution in [-0.2, 0) is 26.2 Å². The van der Waals surface area contributed by atoms with Crippen LogP contribution in [0.15, 0.2) is 70.8 Å². The summed E-state index contributed by atoms with van der Waals surface area (Å²) in [5, 5.41) is 0. The van der Waals surface area contributed by atoms with Gasteiger partial charge >= 0.3 is 0 Å². The Morgan fingerprint density at radius 2 is 1.83 bits per heavy atom. The zero-order chi connectivity index (χ0) is 25.4. The number of hydrogen-bond acceptors (Lipinski definition) is 4. The van der Waals surface area contributed by atoms with Crippen molar-refractivity contribution in [2.75, 3.05) is 0 Å². The number of benzene rings is 2. The van der Waals surface area contributed by atoms with Gasteiger partial charge in [0.05, 0.1) is 11.4 Å². The van der Waals surface area contributed by atoms with Gasteiger partial charge in [-0.15, -0.1) is 0 Å². The number of fused-ring (bicyclic) bond motifs is 1. The Morgan fingerprint density at radius 3 is 2.51 bits per heavy atom. The Bertz CT molecular complexity index is 1350. The Balaban J connectivity index is 1.58. The van der Waals surface area contributed by atoms with Crippen molar-refractivity contribution in [3.8, 4) is 0 Å². The van der Waals surface area contributed by atoms with Gasteiger partial charge in [0, 0.05) is 23.6 Å². The largest absolute Gasteiger partial charge is 0.311 e. The first kappa shape index (κ1) is 24.7. The van der Waals surface area contributed by atoms with Crippen molar-refractivity contribution in [1.29, 1.82) is 0 Å². The molecule has 10 heteroatoms. The van der Waals surface area contributed by atoms with Crippen LogP contribution in [0.2, 0.25) is 0 Å². The third-order valence-corrected chi connectivity index (χ3v) is 7.63. The van der Waals surface area contributed by atoms with Gasteiger partial charge in [-0.3, -0.25) is 9.59 Å². The number of sulfonamides is 1. The van der Waals surface area contributed by atoms with Gasteiger partial charge in [0.15, 0.2) is 11.6 Å². The van der Waals surface area contributed by atoms with Crippen molar-refractivity contribution in [1.82, 2.24) is 9.62 Å². The zero-order valence-electron chi connectivity index (χ0n) is 18.9. The van der Waals surface area contributed by atoms with E-state index in [0.29, 0.717) is 25.0 Å². The van der Waals surface area contributed by atoms with Crippen molar-refractivity contribution in [3.63, 3.8) is 0 Å². The SMILES string of the molecule is CC12CCCC(/C=C/C(=O)NS(=O)(=O)c3ccc(F)c(F)c3)=C1N(Cc1ccc(F)cc1)C(=O)C2. The highest BCUT2D eigenvalue weighted by Crippen LogP contribution is 2.50. The summed E-state index contributed by atoms with van der Waals surface area (Å²) < 4.78 is 66.4. The van der Waals surface area contributed by atoms with Crippen LogP contribution in [0.1, 0.15) is 38.2 Å². The summed E-state index contributed by atoms with van der Waals surface area (Å²) >= 11 is 0. The third kappa shape index (κ3) is 5.17. The van der Waals surface area contributed by atoms with Gasteiger partial charge in [0.1, 0.15) is 5.82 Å². The Kier molecular flexibility index (Phi) is 6.59. The number of carbonyl (C=O) groups is 2. The molecule has 1 heterocycles. The van der Waals surface area contributed by atoms with Crippen LogP contribution >= 0.6 is 0 Å². The summed E-state index contributed by atoms with van der Waals surface area (Å²) in [5.41, 5.74) is 1.82. The minimum Gasteiger partial charge on any atom is -0.311 e. The fourth-order valence-electron chi connectivity index (χ4n) is 4.67. The molecule has 0 bridgehead atoms. The van der Waals surface area contributed by atoms with Crippen LogP contribution in [0.5, 0.6) is 0 Å². The minimum atomic E-state index is -4.41. The second-order valence-corrected chi connectivity index (χ2v) is 10.6. The topological polar surface area (TPSA) is 83.6 Å². The molecule has 0 aromatic heterocycles. The lowest BCUT2D eigenvalue weighted by Crippen LogP contribution is -2.30. The van der Waals surface area contributed by atoms with Crippen molar-refractivity contribution in [2.24, 2.45) is 5.41 Å². The predicted octanol–water partition coefficient (Wildman–Crippen LogP) is 4.34. The maximum Gasteiger partial charge on any atom is 0.264 e. The summed E-state index contributed by atoms with van der Waals surface area (Å²) in [6.45, 7) is 2.23. The summed E-state index contributed by atoms with van der Waals surface area (Å²) in [6.07, 6.45) is 4.98. The standard InChI is InChI=1S/C25H23F3N2O4S/c1-25-12-2-3-17(24(25)30(23(32)14-25)15-16-4-7-18(26)8-5-16)6-11-22(31)29-35(33,34)19-9-10-20(27)21(28)13-19/h4-11,13H,2-3,12,14-15H2,1H3,(H,29,31)/b11-6+. The van der Waals surface area contributed by atoms with Gasteiger partial charge < -0.3 is 4.90 Å². The fourth-order valence-corrected chi connectivity index (χ4v) is 5.62. The van der Waals surface area contributed by atoms with Crippen molar-refractivity contribution in [2.45, 2.75) is 44.0 Å². The molecule has 0 saturated carbocycles. The molecule has 1 fully saturated rings. The highest BCUT2D eigenvalue weighted by Gasteiger charge is 2.46. The van der Waals surface area contributed by atoms with Crippen LogP contribution in [0.4, 0.5) is 13.2 Å². The minimum absolute atomic E-state index is 0.0787. The van der Waals surface area contributed by atoms with Gasteiger partial charge in [0.25, 0.3) is 15.9 Å². The molecule has 1 aliphatic heterocycles. The highest BCUT2D eigenvalue weighted by molar-refractivity contribution is 7.90. The van der Waals surface area contributed by atoms with Crippen molar-refractivity contribution in [3.05, 3.63) is 88.9 Å². The molecule has 35 heavy (non-hydrogen) atoms. The number of rotatable bonds is 6. The van der Waals surface area contributed by atoms with Crippen LogP contribution < -0.4 is 4.72 Å². The first-order valence-electron chi connectivity index (χ1n) is 11.0. The molecule has 6 nitrogen and oxygen atoms in total. The smallest absolute Gasteiger partial charge is 0.264 e. The van der Waals surface area contributed by atoms with Gasteiger partial charge in [-0.25, -0.2) is 26.3 Å². The van der Waals surface area contributed by atoms with Crippen LogP contribution in [0, 0.1) is 22.9 Å². The summed E-state index contributed by atoms with van der Waals surface area (Å²) in [4.78, 5) is 26.3. The molecule has 1 atom stereocenters. The lowest BCUT2D eigenvalue weighted by atomic mass is 9.74. The molecule has 1 unspecified atom stereocenters. The number of amides is 2. The Hall–Kier alpha value is -3.40. The predicted molar refractivity (Wildman–Crippen MR) is 121 cm³/mol. The number of nitrogens with one attached hydrogen (secondary N) is 1. The molecule has 2 amide bonds. The van der Waals surface area contributed by atoms with Gasteiger partial charge in [-0.2, -0.15) is 0 Å². The fraction of sp³-hybridized carbons (Fsp3) is 0.280. The number of hydrogen-bond donors (Lipinski definition) is 1. The van der Waals surface area contributed by atoms with E-state index in [-0.39, 0.29) is 18.3 Å². The first-order chi connectivity index (χ1) is 16.5. The zero-order valence-corrected chi connectivity index (χ0v) is 19.7. The first-order valence-corrected chi connectivity index (χ1v) is 12.5. The van der Waals surface area contributed by atoms with E-state index in [1.54, 1.807) is 17.0 Å². The monoisotopic (exact) mass is 504 g/mol. The van der Waals surface area contributed by atoms with E-state index in [2.05, 4.69) is 0 Å². The molecular formula is C25H23F3N2O4S. The number of nitrogens with zero attached hydrogens (tertiary/aromatic N) is 1. The van der Waals surface area contributed by atoms with E-state index < -0.39 is 37.9 Å². The summed E-state index contributed by atoms with van der Waals surface area (Å²) in [6, 6.07) is 7.86. The van der Waals surface area contributed by atoms with E-state index >= 15 is 0 Å². The quantitative estimate of drug-likeness (QED) is 0.594. The lowest BCUT2D eigenvalue weighted by Gasteiger charge is -2.34. The molecule has 184 valence electrons. The number of halogens is 3. The van der Waals surface area contributed by atoms with Gasteiger partial charge in [-0.1, -0.05) is 25.1 Å². The molecule has 1 N–H and O–H groups in total. The molecule has 4 rings (SSSR count). The molecule has 1 saturated heterocycles. The molecule has 2 aromatic rings. The molecule has 2 aliphatic rings. The van der Waals surface area contributed by atoms with E-state index in [9.17, 15) is 31.2 Å². The van der Waals surface area contributed by atoms with Crippen molar-refractivity contribution >= 4 is 21.8 Å². The second kappa shape index (κ2) is 9.33. The van der Waals surface area contributed by atoms with Crippen molar-refractivity contribution < 1.29 is 31.2 Å². The Morgan fingerprint density at radius 1 is 1.11 bits per heavy atom. The van der Waals surface area contributed by atoms with Crippen LogP contribution in [0.3, 0.4) is 0 Å². The molecule has 0 spiro atoms. The average molecular weight is 505 g/mol. The number of allylic oxidation sites excluding steroid dienone is 3. The second-order valence-electron chi connectivity index (χ2n) is 8.95. The molecule has 2 aromatic carbocycles. The summed E-state index contributed by atoms with van der Waals surface area (Å²) in [5.74, 6) is -3.98.